The lowest BCUT2D eigenvalue weighted by molar-refractivity contribution is -0.219. The van der Waals surface area contributed by atoms with E-state index in [1.807, 2.05) is 0 Å². The summed E-state index contributed by atoms with van der Waals surface area (Å²) >= 11 is 0. The van der Waals surface area contributed by atoms with Crippen molar-refractivity contribution in [2.75, 3.05) is 18.5 Å². The number of amidine groups is 1. The van der Waals surface area contributed by atoms with E-state index < -0.39 is 61.4 Å². The molecule has 13 heteroatoms. The number of hydrogen-bond donors (Lipinski definition) is 2. The summed E-state index contributed by atoms with van der Waals surface area (Å²) in [4.78, 5) is 23.9. The molecule has 0 spiro atoms. The Bertz CT molecular complexity index is 1060. The van der Waals surface area contributed by atoms with Gasteiger partial charge in [-0.05, 0) is 18.2 Å². The number of nitrogens with zero attached hydrogens (tertiary/aromatic N) is 3. The number of carbonyl (C=O) groups is 1. The van der Waals surface area contributed by atoms with Gasteiger partial charge in [-0.25, -0.2) is 18.8 Å². The van der Waals surface area contributed by atoms with E-state index in [0.717, 1.165) is 24.5 Å². The van der Waals surface area contributed by atoms with E-state index in [0.29, 0.717) is 0 Å². The molecule has 3 atom stereocenters. The molecule has 2 aromatic rings. The number of nitrogens with one attached hydrogen (secondary N) is 1. The number of aliphatic imine (C=N–C) groups is 1. The number of benzene rings is 1. The number of anilines is 1. The molecule has 1 aromatic heterocycles. The molecule has 8 nitrogen and oxygen atoms in total. The smallest absolute Gasteiger partial charge is 0.415 e. The molecule has 1 aromatic carbocycles. The molecule has 3 heterocycles. The van der Waals surface area contributed by atoms with Crippen molar-refractivity contribution >= 4 is 17.6 Å². The molecule has 32 heavy (non-hydrogen) atoms. The van der Waals surface area contributed by atoms with Crippen molar-refractivity contribution in [1.29, 1.82) is 0 Å². The van der Waals surface area contributed by atoms with Crippen LogP contribution >= 0.6 is 0 Å². The number of hydrogen-bond acceptors (Lipinski definition) is 7. The van der Waals surface area contributed by atoms with Crippen LogP contribution in [0.5, 0.6) is 0 Å². The van der Waals surface area contributed by atoms with E-state index in [4.69, 9.17) is 15.2 Å². The minimum atomic E-state index is -4.73. The molecule has 3 unspecified atom stereocenters. The first-order valence-corrected chi connectivity index (χ1v) is 9.29. The second kappa shape index (κ2) is 7.97. The average Bonchev–Trinajstić information content (AvgIpc) is 3.15. The Balaban J connectivity index is 1.68. The van der Waals surface area contributed by atoms with Crippen molar-refractivity contribution in [3.63, 3.8) is 0 Å². The molecular formula is C19H16F5N5O3. The third kappa shape index (κ3) is 3.83. The van der Waals surface area contributed by atoms with Crippen LogP contribution in [0.4, 0.5) is 27.6 Å². The maximum absolute atomic E-state index is 14.8. The van der Waals surface area contributed by atoms with Crippen molar-refractivity contribution in [2.45, 2.75) is 24.5 Å². The highest BCUT2D eigenvalue weighted by Gasteiger charge is 2.62. The molecule has 1 fully saturated rings. The number of rotatable bonds is 4. The van der Waals surface area contributed by atoms with Gasteiger partial charge < -0.3 is 20.5 Å². The van der Waals surface area contributed by atoms with Gasteiger partial charge in [0.2, 0.25) is 0 Å². The van der Waals surface area contributed by atoms with Crippen LogP contribution in [-0.4, -0.2) is 47.4 Å². The monoisotopic (exact) mass is 457 g/mol. The summed E-state index contributed by atoms with van der Waals surface area (Å²) in [7, 11) is 0. The molecule has 0 bridgehead atoms. The largest absolute Gasteiger partial charge is 0.465 e. The molecule has 170 valence electrons. The first-order valence-electron chi connectivity index (χ1n) is 9.29. The molecule has 0 radical (unpaired) electrons. The SMILES string of the molecule is NC1=NC2(c3cc(NC(=O)c4cnc(CF)cn4)ccc3F)COC(C(F)(F)F)C2CO1. The van der Waals surface area contributed by atoms with Crippen LogP contribution in [0.2, 0.25) is 0 Å². The molecular weight excluding hydrogens is 441 g/mol. The number of carbonyl (C=O) groups excluding carboxylic acids is 1. The Labute approximate surface area is 177 Å². The minimum Gasteiger partial charge on any atom is -0.465 e. The predicted octanol–water partition coefficient (Wildman–Crippen LogP) is 2.46. The van der Waals surface area contributed by atoms with E-state index in [-0.39, 0.29) is 22.6 Å². The third-order valence-corrected chi connectivity index (χ3v) is 5.27. The normalized spacial score (nSPS) is 25.0. The summed E-state index contributed by atoms with van der Waals surface area (Å²) in [6, 6.07) is 2.96. The van der Waals surface area contributed by atoms with Crippen LogP contribution in [0, 0.1) is 11.7 Å². The molecule has 3 N–H and O–H groups in total. The molecule has 2 aliphatic rings. The van der Waals surface area contributed by atoms with Gasteiger partial charge in [0.1, 0.15) is 23.7 Å². The van der Waals surface area contributed by atoms with E-state index >= 15 is 0 Å². The van der Waals surface area contributed by atoms with Crippen LogP contribution in [0.15, 0.2) is 35.6 Å². The summed E-state index contributed by atoms with van der Waals surface area (Å²) < 4.78 is 77.7. The highest BCUT2D eigenvalue weighted by molar-refractivity contribution is 6.02. The third-order valence-electron chi connectivity index (χ3n) is 5.27. The number of halogens is 5. The van der Waals surface area contributed by atoms with Crippen molar-refractivity contribution in [3.05, 3.63) is 53.4 Å². The molecule has 4 rings (SSSR count). The first kappa shape index (κ1) is 21.9. The summed E-state index contributed by atoms with van der Waals surface area (Å²) in [5, 5.41) is 2.46. The summed E-state index contributed by atoms with van der Waals surface area (Å²) in [6.07, 6.45) is -4.82. The maximum Gasteiger partial charge on any atom is 0.415 e. The van der Waals surface area contributed by atoms with E-state index in [1.165, 1.54) is 6.07 Å². The quantitative estimate of drug-likeness (QED) is 0.683. The number of nitrogens with two attached hydrogens (primary N) is 1. The fraction of sp³-hybridized carbons (Fsp3) is 0.368. The van der Waals surface area contributed by atoms with Gasteiger partial charge in [0.05, 0.1) is 37.2 Å². The zero-order chi connectivity index (χ0) is 23.1. The first-order chi connectivity index (χ1) is 15.1. The van der Waals surface area contributed by atoms with Crippen LogP contribution < -0.4 is 11.1 Å². The zero-order valence-electron chi connectivity index (χ0n) is 16.2. The van der Waals surface area contributed by atoms with Crippen molar-refractivity contribution in [3.8, 4) is 0 Å². The number of amides is 1. The van der Waals surface area contributed by atoms with Crippen molar-refractivity contribution in [1.82, 2.24) is 9.97 Å². The number of ether oxygens (including phenoxy) is 2. The van der Waals surface area contributed by atoms with Crippen LogP contribution in [-0.2, 0) is 21.7 Å². The van der Waals surface area contributed by atoms with Gasteiger partial charge in [0, 0.05) is 11.3 Å². The molecule has 0 aliphatic carbocycles. The van der Waals surface area contributed by atoms with Crippen molar-refractivity contribution < 1.29 is 36.2 Å². The lowest BCUT2D eigenvalue weighted by Crippen LogP contribution is -2.48. The number of aromatic nitrogens is 2. The van der Waals surface area contributed by atoms with Gasteiger partial charge in [-0.2, -0.15) is 13.2 Å². The second-order valence-corrected chi connectivity index (χ2v) is 7.24. The Morgan fingerprint density at radius 3 is 2.72 bits per heavy atom. The summed E-state index contributed by atoms with van der Waals surface area (Å²) in [5.74, 6) is -2.99. The van der Waals surface area contributed by atoms with Crippen LogP contribution in [0.3, 0.4) is 0 Å². The van der Waals surface area contributed by atoms with Gasteiger partial charge in [-0.1, -0.05) is 0 Å². The van der Waals surface area contributed by atoms with E-state index in [2.05, 4.69) is 20.3 Å². The minimum absolute atomic E-state index is 0.0335. The van der Waals surface area contributed by atoms with E-state index in [9.17, 15) is 26.7 Å². The fourth-order valence-electron chi connectivity index (χ4n) is 3.77. The highest BCUT2D eigenvalue weighted by atomic mass is 19.4. The zero-order valence-corrected chi connectivity index (χ0v) is 16.2. The van der Waals surface area contributed by atoms with Gasteiger partial charge >= 0.3 is 6.18 Å². The Morgan fingerprint density at radius 1 is 1.28 bits per heavy atom. The highest BCUT2D eigenvalue weighted by Crippen LogP contribution is 2.50. The standard InChI is InChI=1S/C19H16F5N5O3/c20-4-10-5-27-14(6-26-10)16(30)28-9-1-2-13(21)11(3-9)18-8-32-15(19(22,23)24)12(18)7-31-17(25)29-18/h1-3,5-6,12,15H,4,7-8H2,(H2,25,29)(H,28,30). The van der Waals surface area contributed by atoms with Crippen molar-refractivity contribution in [2.24, 2.45) is 16.6 Å². The Hall–Kier alpha value is -3.35. The van der Waals surface area contributed by atoms with Gasteiger partial charge in [-0.15, -0.1) is 0 Å². The van der Waals surface area contributed by atoms with E-state index in [1.54, 1.807) is 0 Å². The Kier molecular flexibility index (Phi) is 5.44. The van der Waals surface area contributed by atoms with Gasteiger partial charge in [-0.3, -0.25) is 9.78 Å². The number of fused-ring (bicyclic) bond motifs is 1. The molecule has 1 saturated heterocycles. The van der Waals surface area contributed by atoms with Gasteiger partial charge in [0.15, 0.2) is 6.10 Å². The molecule has 1 amide bonds. The summed E-state index contributed by atoms with van der Waals surface area (Å²) in [5.41, 5.74) is 3.51. The van der Waals surface area contributed by atoms with Crippen LogP contribution in [0.25, 0.3) is 0 Å². The molecule has 2 aliphatic heterocycles. The topological polar surface area (TPSA) is 112 Å². The fourth-order valence-corrected chi connectivity index (χ4v) is 3.77. The Morgan fingerprint density at radius 2 is 2.06 bits per heavy atom. The predicted molar refractivity (Wildman–Crippen MR) is 99.7 cm³/mol. The lowest BCUT2D eigenvalue weighted by Gasteiger charge is -2.36. The lowest BCUT2D eigenvalue weighted by atomic mass is 9.77. The summed E-state index contributed by atoms with van der Waals surface area (Å²) in [6.45, 7) is -1.92. The average molecular weight is 457 g/mol. The van der Waals surface area contributed by atoms with Crippen LogP contribution in [0.1, 0.15) is 21.7 Å². The maximum atomic E-state index is 14.8. The molecule has 0 saturated carbocycles. The second-order valence-electron chi connectivity index (χ2n) is 7.24. The number of alkyl halides is 4. The van der Waals surface area contributed by atoms with Gasteiger partial charge in [0.25, 0.3) is 11.9 Å².